The van der Waals surface area contributed by atoms with Gasteiger partial charge in [0.25, 0.3) is 5.69 Å². The fourth-order valence-corrected chi connectivity index (χ4v) is 2.13. The van der Waals surface area contributed by atoms with Gasteiger partial charge in [0.2, 0.25) is 0 Å². The van der Waals surface area contributed by atoms with Gasteiger partial charge in [0.15, 0.2) is 5.78 Å². The molecule has 5 nitrogen and oxygen atoms in total. The summed E-state index contributed by atoms with van der Waals surface area (Å²) >= 11 is 0. The van der Waals surface area contributed by atoms with E-state index in [0.717, 1.165) is 19.4 Å². The second-order valence-corrected chi connectivity index (χ2v) is 5.04. The first kappa shape index (κ1) is 14.1. The van der Waals surface area contributed by atoms with Crippen molar-refractivity contribution in [2.24, 2.45) is 5.92 Å². The number of nitro groups is 1. The van der Waals surface area contributed by atoms with E-state index < -0.39 is 4.92 Å². The highest BCUT2D eigenvalue weighted by Gasteiger charge is 2.27. The number of benzene rings is 1. The van der Waals surface area contributed by atoms with Crippen LogP contribution >= 0.6 is 0 Å². The summed E-state index contributed by atoms with van der Waals surface area (Å²) in [7, 11) is 0. The minimum absolute atomic E-state index is 0.0615. The molecule has 0 N–H and O–H groups in total. The predicted molar refractivity (Wildman–Crippen MR) is 76.9 cm³/mol. The predicted octanol–water partition coefficient (Wildman–Crippen LogP) is 2.65. The number of nitro benzene ring substituents is 1. The van der Waals surface area contributed by atoms with Gasteiger partial charge in [-0.25, -0.2) is 0 Å². The molecule has 20 heavy (non-hydrogen) atoms. The van der Waals surface area contributed by atoms with Gasteiger partial charge in [-0.3, -0.25) is 14.9 Å². The molecule has 2 rings (SSSR count). The van der Waals surface area contributed by atoms with E-state index in [9.17, 15) is 14.9 Å². The molecule has 0 atom stereocenters. The molecule has 0 amide bonds. The Bertz CT molecular complexity index is 585. The third-order valence-corrected chi connectivity index (χ3v) is 3.38. The smallest absolute Gasteiger partial charge is 0.293 e. The van der Waals surface area contributed by atoms with Crippen LogP contribution in [0.4, 0.5) is 11.4 Å². The van der Waals surface area contributed by atoms with Gasteiger partial charge in [-0.15, -0.1) is 6.42 Å². The molecule has 0 bridgehead atoms. The third kappa shape index (κ3) is 3.15. The van der Waals surface area contributed by atoms with Crippen LogP contribution in [0.3, 0.4) is 0 Å². The molecule has 0 radical (unpaired) electrons. The normalized spacial score (nSPS) is 13.6. The zero-order valence-electron chi connectivity index (χ0n) is 11.3. The summed E-state index contributed by atoms with van der Waals surface area (Å²) < 4.78 is 0. The Morgan fingerprint density at radius 3 is 2.75 bits per heavy atom. The van der Waals surface area contributed by atoms with Crippen molar-refractivity contribution >= 4 is 17.2 Å². The van der Waals surface area contributed by atoms with Crippen LogP contribution in [0.25, 0.3) is 0 Å². The fraction of sp³-hybridized carbons (Fsp3) is 0.400. The second kappa shape index (κ2) is 5.74. The van der Waals surface area contributed by atoms with Crippen LogP contribution in [-0.2, 0) is 0 Å². The molecule has 0 aromatic heterocycles. The van der Waals surface area contributed by atoms with E-state index in [-0.39, 0.29) is 11.5 Å². The van der Waals surface area contributed by atoms with Crippen LogP contribution in [-0.4, -0.2) is 23.8 Å². The zero-order chi connectivity index (χ0) is 14.7. The van der Waals surface area contributed by atoms with Crippen LogP contribution in [0.1, 0.15) is 30.1 Å². The average molecular weight is 272 g/mol. The summed E-state index contributed by atoms with van der Waals surface area (Å²) in [6.45, 7) is 2.45. The molecular formula is C15H16N2O3. The molecule has 1 aromatic rings. The first-order valence-corrected chi connectivity index (χ1v) is 6.50. The summed E-state index contributed by atoms with van der Waals surface area (Å²) in [4.78, 5) is 24.0. The van der Waals surface area contributed by atoms with Gasteiger partial charge in [-0.1, -0.05) is 5.92 Å². The molecule has 1 aliphatic rings. The van der Waals surface area contributed by atoms with Crippen molar-refractivity contribution in [3.05, 3.63) is 33.9 Å². The standard InChI is InChI=1S/C15H16N2O3/c1-3-8-16(10-12-4-5-12)14-7-6-13(11(2)18)9-15(14)17(19)20/h1,6-7,9,12H,4-5,8,10H2,2H3. The number of carbonyl (C=O) groups excluding carboxylic acids is 1. The molecule has 104 valence electrons. The van der Waals surface area contributed by atoms with Gasteiger partial charge in [0.05, 0.1) is 11.5 Å². The van der Waals surface area contributed by atoms with Crippen LogP contribution < -0.4 is 4.90 Å². The van der Waals surface area contributed by atoms with E-state index >= 15 is 0 Å². The highest BCUT2D eigenvalue weighted by molar-refractivity contribution is 5.95. The molecule has 0 spiro atoms. The molecule has 0 aliphatic heterocycles. The molecule has 1 aromatic carbocycles. The fourth-order valence-electron chi connectivity index (χ4n) is 2.13. The Morgan fingerprint density at radius 2 is 2.25 bits per heavy atom. The summed E-state index contributed by atoms with van der Waals surface area (Å²) in [6.07, 6.45) is 7.63. The van der Waals surface area contributed by atoms with Gasteiger partial charge in [0, 0.05) is 18.2 Å². The number of Topliss-reactive ketones (excluding diaryl/α,β-unsaturated/α-hetero) is 1. The average Bonchev–Trinajstić information content (AvgIpc) is 3.21. The Labute approximate surface area is 117 Å². The highest BCUT2D eigenvalue weighted by atomic mass is 16.6. The Balaban J connectivity index is 2.38. The largest absolute Gasteiger partial charge is 0.355 e. The van der Waals surface area contributed by atoms with Crippen molar-refractivity contribution < 1.29 is 9.72 Å². The van der Waals surface area contributed by atoms with Crippen molar-refractivity contribution in [2.75, 3.05) is 18.0 Å². The second-order valence-electron chi connectivity index (χ2n) is 5.04. The quantitative estimate of drug-likeness (QED) is 0.345. The maximum atomic E-state index is 11.3. The van der Waals surface area contributed by atoms with Gasteiger partial charge < -0.3 is 4.90 Å². The number of hydrogen-bond donors (Lipinski definition) is 0. The van der Waals surface area contributed by atoms with Crippen LogP contribution in [0.2, 0.25) is 0 Å². The maximum absolute atomic E-state index is 11.3. The van der Waals surface area contributed by atoms with Crippen molar-refractivity contribution in [2.45, 2.75) is 19.8 Å². The van der Waals surface area contributed by atoms with Gasteiger partial charge >= 0.3 is 0 Å². The van der Waals surface area contributed by atoms with Crippen molar-refractivity contribution in [3.63, 3.8) is 0 Å². The number of ketones is 1. The number of anilines is 1. The van der Waals surface area contributed by atoms with E-state index in [1.807, 2.05) is 4.90 Å². The van der Waals surface area contributed by atoms with E-state index in [0.29, 0.717) is 23.7 Å². The van der Waals surface area contributed by atoms with Crippen molar-refractivity contribution in [3.8, 4) is 12.3 Å². The zero-order valence-corrected chi connectivity index (χ0v) is 11.3. The van der Waals surface area contributed by atoms with Gasteiger partial charge in [-0.2, -0.15) is 0 Å². The molecule has 1 fully saturated rings. The van der Waals surface area contributed by atoms with Gasteiger partial charge in [0.1, 0.15) is 5.69 Å². The number of terminal acetylenes is 1. The lowest BCUT2D eigenvalue weighted by Crippen LogP contribution is -2.26. The number of nitrogens with zero attached hydrogens (tertiary/aromatic N) is 2. The minimum Gasteiger partial charge on any atom is -0.355 e. The number of hydrogen-bond acceptors (Lipinski definition) is 4. The van der Waals surface area contributed by atoms with Crippen LogP contribution in [0.15, 0.2) is 18.2 Å². The minimum atomic E-state index is -0.460. The number of carbonyl (C=O) groups is 1. The summed E-state index contributed by atoms with van der Waals surface area (Å²) in [6, 6.07) is 4.56. The lowest BCUT2D eigenvalue weighted by atomic mass is 10.1. The van der Waals surface area contributed by atoms with Crippen molar-refractivity contribution in [1.82, 2.24) is 0 Å². The molecule has 1 saturated carbocycles. The summed E-state index contributed by atoms with van der Waals surface area (Å²) in [5, 5.41) is 11.2. The summed E-state index contributed by atoms with van der Waals surface area (Å²) in [5.41, 5.74) is 0.769. The number of rotatable bonds is 6. The SMILES string of the molecule is C#CCN(CC1CC1)c1ccc(C(C)=O)cc1[N+](=O)[O-]. The molecule has 0 saturated heterocycles. The first-order chi connectivity index (χ1) is 9.52. The van der Waals surface area contributed by atoms with E-state index in [2.05, 4.69) is 5.92 Å². The Morgan fingerprint density at radius 1 is 1.55 bits per heavy atom. The molecular weight excluding hydrogens is 256 g/mol. The monoisotopic (exact) mass is 272 g/mol. The van der Waals surface area contributed by atoms with E-state index in [1.54, 1.807) is 12.1 Å². The van der Waals surface area contributed by atoms with E-state index in [1.165, 1.54) is 13.0 Å². The van der Waals surface area contributed by atoms with Crippen LogP contribution in [0.5, 0.6) is 0 Å². The first-order valence-electron chi connectivity index (χ1n) is 6.50. The molecule has 0 heterocycles. The lowest BCUT2D eigenvalue weighted by Gasteiger charge is -2.22. The maximum Gasteiger partial charge on any atom is 0.293 e. The Kier molecular flexibility index (Phi) is 4.04. The lowest BCUT2D eigenvalue weighted by molar-refractivity contribution is -0.384. The van der Waals surface area contributed by atoms with Gasteiger partial charge in [-0.05, 0) is 37.8 Å². The molecule has 5 heteroatoms. The van der Waals surface area contributed by atoms with Crippen molar-refractivity contribution in [1.29, 1.82) is 0 Å². The topological polar surface area (TPSA) is 63.5 Å². The third-order valence-electron chi connectivity index (χ3n) is 3.38. The molecule has 1 aliphatic carbocycles. The van der Waals surface area contributed by atoms with Crippen LogP contribution in [0, 0.1) is 28.4 Å². The Hall–Kier alpha value is -2.35. The molecule has 0 unspecified atom stereocenters. The summed E-state index contributed by atoms with van der Waals surface area (Å²) in [5.74, 6) is 2.92. The van der Waals surface area contributed by atoms with E-state index in [4.69, 9.17) is 6.42 Å². The highest BCUT2D eigenvalue weighted by Crippen LogP contribution is 2.35.